The van der Waals surface area contributed by atoms with E-state index < -0.39 is 0 Å². The van der Waals surface area contributed by atoms with E-state index in [-0.39, 0.29) is 5.91 Å². The Kier molecular flexibility index (Phi) is 10.2. The maximum Gasteiger partial charge on any atom is 0.272 e. The summed E-state index contributed by atoms with van der Waals surface area (Å²) >= 11 is 0. The van der Waals surface area contributed by atoms with Crippen LogP contribution in [0.4, 0.5) is 0 Å². The molecule has 7 heterocycles. The van der Waals surface area contributed by atoms with Crippen LogP contribution in [0.2, 0.25) is 0 Å². The molecule has 7 aromatic heterocycles. The minimum absolute atomic E-state index is 0.0842. The third kappa shape index (κ3) is 7.57. The van der Waals surface area contributed by atoms with Crippen molar-refractivity contribution in [3.8, 4) is 46.1 Å². The van der Waals surface area contributed by atoms with Crippen molar-refractivity contribution in [2.24, 2.45) is 21.1 Å². The van der Waals surface area contributed by atoms with Gasteiger partial charge < -0.3 is 23.6 Å². The van der Waals surface area contributed by atoms with E-state index in [0.717, 1.165) is 102 Å². The topological polar surface area (TPSA) is 141 Å². The summed E-state index contributed by atoms with van der Waals surface area (Å²) in [5.41, 5.74) is 16.9. The number of amides is 1. The summed E-state index contributed by atoms with van der Waals surface area (Å²) < 4.78 is 6.32. The first-order valence-electron chi connectivity index (χ1n) is 22.6. The van der Waals surface area contributed by atoms with Crippen molar-refractivity contribution in [2.75, 3.05) is 13.1 Å². The number of nitrogens with zero attached hydrogens (tertiary/aromatic N) is 11. The number of carbonyl (C=O) groups excluding carboxylic acids is 1. The molecule has 0 fully saturated rings. The number of benzene rings is 4. The van der Waals surface area contributed by atoms with E-state index in [9.17, 15) is 4.79 Å². The average molecular weight is 881 g/mol. The molecule has 1 N–H and O–H groups in total. The van der Waals surface area contributed by atoms with Gasteiger partial charge >= 0.3 is 0 Å². The highest BCUT2D eigenvalue weighted by molar-refractivity contribution is 5.93. The minimum Gasteiger partial charge on any atom is -0.338 e. The summed E-state index contributed by atoms with van der Waals surface area (Å²) in [4.78, 5) is 52.6. The Balaban J connectivity index is 0.818. The molecule has 0 unspecified atom stereocenters. The van der Waals surface area contributed by atoms with Gasteiger partial charge in [-0.25, -0.2) is 29.9 Å². The fraction of sp³-hybridized carbons (Fsp3) is 0.185. The molecule has 0 aliphatic rings. The number of carbonyl (C=O) groups is 1. The Bertz CT molecular complexity index is 3700. The Morgan fingerprint density at radius 1 is 0.522 bits per heavy atom. The molecule has 0 aliphatic carbocycles. The molecule has 0 bridgehead atoms. The number of nitrogens with one attached hydrogen (secondary N) is 1. The molecule has 0 saturated carbocycles. The molecule has 67 heavy (non-hydrogen) atoms. The van der Waals surface area contributed by atoms with Crippen LogP contribution >= 0.6 is 0 Å². The lowest BCUT2D eigenvalue weighted by atomic mass is 10.0. The monoisotopic (exact) mass is 880 g/mol. The third-order valence-corrected chi connectivity index (χ3v) is 12.8. The van der Waals surface area contributed by atoms with E-state index in [1.54, 1.807) is 11.0 Å². The molecule has 11 rings (SSSR count). The van der Waals surface area contributed by atoms with Gasteiger partial charge in [0.05, 0.1) is 44.1 Å². The van der Waals surface area contributed by atoms with Gasteiger partial charge in [0.1, 0.15) is 28.5 Å². The van der Waals surface area contributed by atoms with Gasteiger partial charge in [0.15, 0.2) is 23.3 Å². The number of H-pyrrole nitrogens is 1. The second kappa shape index (κ2) is 16.6. The van der Waals surface area contributed by atoms with Gasteiger partial charge in [-0.15, -0.1) is 0 Å². The number of pyridine rings is 3. The molecular formula is C54H48N12O. The lowest BCUT2D eigenvalue weighted by Crippen LogP contribution is -2.31. The Labute approximate surface area is 386 Å². The van der Waals surface area contributed by atoms with Gasteiger partial charge in [-0.1, -0.05) is 42.5 Å². The molecule has 11 aromatic rings. The largest absolute Gasteiger partial charge is 0.338 e. The summed E-state index contributed by atoms with van der Waals surface area (Å²) in [5.74, 6) is 2.97. The molecule has 4 aromatic carbocycles. The van der Waals surface area contributed by atoms with Gasteiger partial charge in [0.25, 0.3) is 5.91 Å². The van der Waals surface area contributed by atoms with Crippen molar-refractivity contribution in [3.05, 3.63) is 161 Å². The van der Waals surface area contributed by atoms with Crippen molar-refractivity contribution in [1.82, 2.24) is 58.5 Å². The number of rotatable bonds is 11. The van der Waals surface area contributed by atoms with Crippen LogP contribution < -0.4 is 0 Å². The molecular weight excluding hydrogens is 833 g/mol. The number of imidazole rings is 4. The molecule has 0 atom stereocenters. The van der Waals surface area contributed by atoms with Gasteiger partial charge in [-0.3, -0.25) is 9.78 Å². The smallest absolute Gasteiger partial charge is 0.272 e. The summed E-state index contributed by atoms with van der Waals surface area (Å²) in [6.07, 6.45) is 3.35. The molecule has 0 spiro atoms. The van der Waals surface area contributed by atoms with E-state index in [0.29, 0.717) is 36.7 Å². The van der Waals surface area contributed by atoms with E-state index in [1.165, 1.54) is 11.1 Å². The Morgan fingerprint density at radius 2 is 1.03 bits per heavy atom. The standard InChI is InChI=1S/C54H48N12O/c1-7-66(8-2)54(67)42-14-9-11-38(56-42)50-58-37-21-16-33(27-43(37)59-50)25-34-18-23-48-45(29-34)61-52(64(48)5)40-12-10-13-41(57-40)53-62-46-30-36(19-24-49(46)65(53)6)26-35-17-22-47-44(28-35)60-51(63(47)4)39-20-15-32(3)31-55-39/h9-24,27-31H,7-8,25-26H2,1-6H3,(H,58,59). The summed E-state index contributed by atoms with van der Waals surface area (Å²) in [5, 5.41) is 0. The first kappa shape index (κ1) is 41.4. The van der Waals surface area contributed by atoms with Crippen molar-refractivity contribution in [2.45, 2.75) is 33.6 Å². The molecule has 1 amide bonds. The fourth-order valence-electron chi connectivity index (χ4n) is 9.16. The summed E-state index contributed by atoms with van der Waals surface area (Å²) in [6.45, 7) is 7.24. The molecule has 330 valence electrons. The Hall–Kier alpha value is -8.32. The highest BCUT2D eigenvalue weighted by Gasteiger charge is 2.19. The first-order valence-corrected chi connectivity index (χ1v) is 22.6. The van der Waals surface area contributed by atoms with E-state index in [4.69, 9.17) is 24.9 Å². The molecule has 13 nitrogen and oxygen atoms in total. The van der Waals surface area contributed by atoms with Gasteiger partial charge in [0.2, 0.25) is 0 Å². The van der Waals surface area contributed by atoms with E-state index in [1.807, 2.05) is 90.6 Å². The lowest BCUT2D eigenvalue weighted by Gasteiger charge is -2.18. The second-order valence-electron chi connectivity index (χ2n) is 17.3. The van der Waals surface area contributed by atoms with Crippen LogP contribution in [0, 0.1) is 6.92 Å². The lowest BCUT2D eigenvalue weighted by molar-refractivity contribution is 0.0767. The normalized spacial score (nSPS) is 11.7. The number of fused-ring (bicyclic) bond motifs is 4. The minimum atomic E-state index is -0.0842. The third-order valence-electron chi connectivity index (χ3n) is 12.8. The van der Waals surface area contributed by atoms with E-state index in [2.05, 4.69) is 101 Å². The maximum atomic E-state index is 13.0. The fourth-order valence-corrected chi connectivity index (χ4v) is 9.16. The number of aromatic nitrogens is 11. The number of aryl methyl sites for hydroxylation is 4. The molecule has 13 heteroatoms. The number of hydrogen-bond acceptors (Lipinski definition) is 8. The van der Waals surface area contributed by atoms with Crippen LogP contribution in [0.15, 0.2) is 128 Å². The van der Waals surface area contributed by atoms with E-state index >= 15 is 0 Å². The predicted octanol–water partition coefficient (Wildman–Crippen LogP) is 10.0. The van der Waals surface area contributed by atoms with Crippen LogP contribution in [0.25, 0.3) is 90.2 Å². The maximum absolute atomic E-state index is 13.0. The van der Waals surface area contributed by atoms with Crippen LogP contribution in [-0.4, -0.2) is 77.5 Å². The number of aromatic amines is 1. The Morgan fingerprint density at radius 3 is 1.57 bits per heavy atom. The van der Waals surface area contributed by atoms with Crippen molar-refractivity contribution >= 4 is 50.0 Å². The van der Waals surface area contributed by atoms with Gasteiger partial charge in [-0.2, -0.15) is 0 Å². The van der Waals surface area contributed by atoms with Gasteiger partial charge in [-0.05, 0) is 140 Å². The summed E-state index contributed by atoms with van der Waals surface area (Å²) in [7, 11) is 6.12. The molecule has 0 radical (unpaired) electrons. The van der Waals surface area contributed by atoms with Gasteiger partial charge in [0, 0.05) is 40.4 Å². The second-order valence-corrected chi connectivity index (χ2v) is 17.3. The average Bonchev–Trinajstić information content (AvgIpc) is 4.11. The highest BCUT2D eigenvalue weighted by atomic mass is 16.2. The van der Waals surface area contributed by atoms with Crippen LogP contribution in [-0.2, 0) is 34.0 Å². The predicted molar refractivity (Wildman–Crippen MR) is 265 cm³/mol. The van der Waals surface area contributed by atoms with Crippen molar-refractivity contribution < 1.29 is 4.79 Å². The quantitative estimate of drug-likeness (QED) is 0.135. The van der Waals surface area contributed by atoms with Crippen LogP contribution in [0.3, 0.4) is 0 Å². The first-order chi connectivity index (χ1) is 32.6. The molecule has 0 saturated heterocycles. The number of hydrogen-bond donors (Lipinski definition) is 1. The molecule has 0 aliphatic heterocycles. The highest BCUT2D eigenvalue weighted by Crippen LogP contribution is 2.30. The zero-order valence-corrected chi connectivity index (χ0v) is 38.3. The van der Waals surface area contributed by atoms with Crippen molar-refractivity contribution in [1.29, 1.82) is 0 Å². The SMILES string of the molecule is CCN(CC)C(=O)c1cccc(-c2nc3ccc(Cc4ccc5c(c4)nc(-c4cccc(-c6nc7cc(Cc8ccc9c(c8)nc(-c8ccc(C)cn8)n9C)ccc7n6C)n4)n5C)cc3[nH]2)n1. The summed E-state index contributed by atoms with van der Waals surface area (Å²) in [6, 6.07) is 41.3. The van der Waals surface area contributed by atoms with Crippen molar-refractivity contribution in [3.63, 3.8) is 0 Å². The van der Waals surface area contributed by atoms with Crippen LogP contribution in [0.1, 0.15) is 52.2 Å². The zero-order valence-electron chi connectivity index (χ0n) is 38.3. The van der Waals surface area contributed by atoms with Crippen LogP contribution in [0.5, 0.6) is 0 Å². The zero-order chi connectivity index (χ0) is 45.9.